The van der Waals surface area contributed by atoms with E-state index in [1.165, 1.54) is 0 Å². The molecule has 5 heteroatoms. The SMILES string of the molecule is O=S1(=O)CCc2cccc(-c3ccc(Oc4ccccc4)cc3)c2N1. The molecule has 0 aliphatic carbocycles. The third-order valence-corrected chi connectivity index (χ3v) is 5.45. The summed E-state index contributed by atoms with van der Waals surface area (Å²) in [6, 6.07) is 23.1. The Morgan fingerprint density at radius 1 is 0.800 bits per heavy atom. The van der Waals surface area contributed by atoms with Crippen LogP contribution in [0.2, 0.25) is 0 Å². The van der Waals surface area contributed by atoms with Gasteiger partial charge in [0.05, 0.1) is 11.4 Å². The molecule has 0 spiro atoms. The zero-order valence-electron chi connectivity index (χ0n) is 13.5. The molecule has 0 fully saturated rings. The molecule has 4 nitrogen and oxygen atoms in total. The molecule has 0 atom stereocenters. The summed E-state index contributed by atoms with van der Waals surface area (Å²) < 4.78 is 32.3. The number of anilines is 1. The number of hydrogen-bond acceptors (Lipinski definition) is 3. The average molecular weight is 351 g/mol. The third kappa shape index (κ3) is 3.37. The van der Waals surface area contributed by atoms with Crippen LogP contribution >= 0.6 is 0 Å². The van der Waals surface area contributed by atoms with E-state index >= 15 is 0 Å². The number of aryl methyl sites for hydroxylation is 1. The van der Waals surface area contributed by atoms with Crippen LogP contribution in [0.25, 0.3) is 11.1 Å². The lowest BCUT2D eigenvalue weighted by atomic mass is 9.99. The van der Waals surface area contributed by atoms with Gasteiger partial charge in [-0.15, -0.1) is 0 Å². The molecular formula is C20H17NO3S. The van der Waals surface area contributed by atoms with E-state index in [1.54, 1.807) is 0 Å². The van der Waals surface area contributed by atoms with Crippen LogP contribution in [-0.4, -0.2) is 14.2 Å². The Labute approximate surface area is 147 Å². The van der Waals surface area contributed by atoms with Gasteiger partial charge in [0, 0.05) is 5.56 Å². The summed E-state index contributed by atoms with van der Waals surface area (Å²) in [6.45, 7) is 0. The molecule has 0 saturated heterocycles. The fraction of sp³-hybridized carbons (Fsp3) is 0.100. The monoisotopic (exact) mass is 351 g/mol. The van der Waals surface area contributed by atoms with Gasteiger partial charge in [0.1, 0.15) is 11.5 Å². The first-order valence-corrected chi connectivity index (χ1v) is 9.72. The maximum absolute atomic E-state index is 11.9. The zero-order valence-corrected chi connectivity index (χ0v) is 14.3. The van der Waals surface area contributed by atoms with Gasteiger partial charge in [-0.2, -0.15) is 0 Å². The van der Waals surface area contributed by atoms with Crippen LogP contribution in [0.5, 0.6) is 11.5 Å². The van der Waals surface area contributed by atoms with E-state index in [1.807, 2.05) is 72.8 Å². The van der Waals surface area contributed by atoms with Crippen molar-refractivity contribution in [1.29, 1.82) is 0 Å². The molecule has 3 aromatic carbocycles. The van der Waals surface area contributed by atoms with Gasteiger partial charge in [0.2, 0.25) is 10.0 Å². The molecule has 0 saturated carbocycles. The summed E-state index contributed by atoms with van der Waals surface area (Å²) >= 11 is 0. The largest absolute Gasteiger partial charge is 0.457 e. The summed E-state index contributed by atoms with van der Waals surface area (Å²) in [5.41, 5.74) is 3.54. The average Bonchev–Trinajstić information content (AvgIpc) is 2.62. The molecule has 0 aromatic heterocycles. The fourth-order valence-electron chi connectivity index (χ4n) is 2.95. The lowest BCUT2D eigenvalue weighted by molar-refractivity contribution is 0.483. The molecule has 25 heavy (non-hydrogen) atoms. The second kappa shape index (κ2) is 6.26. The Balaban J connectivity index is 1.65. The molecular weight excluding hydrogens is 334 g/mol. The van der Waals surface area contributed by atoms with Gasteiger partial charge in [-0.25, -0.2) is 8.42 Å². The minimum atomic E-state index is -3.25. The molecule has 126 valence electrons. The summed E-state index contributed by atoms with van der Waals surface area (Å²) in [7, 11) is -3.25. The first kappa shape index (κ1) is 15.7. The first-order valence-electron chi connectivity index (χ1n) is 8.06. The second-order valence-electron chi connectivity index (χ2n) is 5.95. The molecule has 4 rings (SSSR count). The molecule has 0 unspecified atom stereocenters. The van der Waals surface area contributed by atoms with E-state index in [0.29, 0.717) is 12.1 Å². The molecule has 1 N–H and O–H groups in total. The Bertz CT molecular complexity index is 997. The molecule has 0 amide bonds. The highest BCUT2D eigenvalue weighted by atomic mass is 32.2. The quantitative estimate of drug-likeness (QED) is 0.759. The summed E-state index contributed by atoms with van der Waals surface area (Å²) in [5.74, 6) is 1.65. The Morgan fingerprint density at radius 3 is 2.28 bits per heavy atom. The maximum Gasteiger partial charge on any atom is 0.233 e. The van der Waals surface area contributed by atoms with Gasteiger partial charge in [-0.3, -0.25) is 4.72 Å². The summed E-state index contributed by atoms with van der Waals surface area (Å²) in [5, 5.41) is 0. The first-order chi connectivity index (χ1) is 12.1. The van der Waals surface area contributed by atoms with Crippen molar-refractivity contribution < 1.29 is 13.2 Å². The summed E-state index contributed by atoms with van der Waals surface area (Å²) in [6.07, 6.45) is 0.535. The highest BCUT2D eigenvalue weighted by Crippen LogP contribution is 2.35. The number of nitrogens with one attached hydrogen (secondary N) is 1. The molecule has 1 aliphatic heterocycles. The fourth-order valence-corrected chi connectivity index (χ4v) is 4.09. The number of fused-ring (bicyclic) bond motifs is 1. The highest BCUT2D eigenvalue weighted by Gasteiger charge is 2.22. The van der Waals surface area contributed by atoms with Gasteiger partial charge in [-0.1, -0.05) is 48.5 Å². The third-order valence-electron chi connectivity index (χ3n) is 4.19. The van der Waals surface area contributed by atoms with Crippen LogP contribution in [-0.2, 0) is 16.4 Å². The number of hydrogen-bond donors (Lipinski definition) is 1. The molecule has 0 bridgehead atoms. The second-order valence-corrected chi connectivity index (χ2v) is 7.79. The lowest BCUT2D eigenvalue weighted by Gasteiger charge is -2.21. The predicted octanol–water partition coefficient (Wildman–Crippen LogP) is 4.44. The molecule has 0 radical (unpaired) electrons. The van der Waals surface area contributed by atoms with Crippen molar-refractivity contribution in [1.82, 2.24) is 0 Å². The topological polar surface area (TPSA) is 55.4 Å². The van der Waals surface area contributed by atoms with Crippen molar-refractivity contribution >= 4 is 15.7 Å². The number of ether oxygens (including phenoxy) is 1. The smallest absolute Gasteiger partial charge is 0.233 e. The van der Waals surface area contributed by atoms with Crippen molar-refractivity contribution in [2.75, 3.05) is 10.5 Å². The van der Waals surface area contributed by atoms with E-state index in [0.717, 1.165) is 28.2 Å². The number of para-hydroxylation sites is 2. The lowest BCUT2D eigenvalue weighted by Crippen LogP contribution is -2.24. The van der Waals surface area contributed by atoms with Gasteiger partial charge in [0.25, 0.3) is 0 Å². The van der Waals surface area contributed by atoms with Crippen LogP contribution in [0.3, 0.4) is 0 Å². The Hall–Kier alpha value is -2.79. The van der Waals surface area contributed by atoms with Crippen LogP contribution in [0, 0.1) is 0 Å². The Morgan fingerprint density at radius 2 is 1.52 bits per heavy atom. The number of rotatable bonds is 3. The Kier molecular flexibility index (Phi) is 3.93. The zero-order chi connectivity index (χ0) is 17.3. The van der Waals surface area contributed by atoms with E-state index in [2.05, 4.69) is 4.72 Å². The van der Waals surface area contributed by atoms with E-state index < -0.39 is 10.0 Å². The molecule has 1 aliphatic rings. The van der Waals surface area contributed by atoms with E-state index in [9.17, 15) is 8.42 Å². The van der Waals surface area contributed by atoms with E-state index in [4.69, 9.17) is 4.74 Å². The maximum atomic E-state index is 11.9. The standard InChI is InChI=1S/C20H17NO3S/c22-25(23)14-13-16-5-4-8-19(20(16)21-25)15-9-11-18(12-10-15)24-17-6-2-1-3-7-17/h1-12,21H,13-14H2. The van der Waals surface area contributed by atoms with Crippen LogP contribution in [0.4, 0.5) is 5.69 Å². The van der Waals surface area contributed by atoms with Gasteiger partial charge < -0.3 is 4.74 Å². The van der Waals surface area contributed by atoms with Crippen molar-refractivity contribution in [3.8, 4) is 22.6 Å². The van der Waals surface area contributed by atoms with Crippen molar-refractivity contribution in [3.05, 3.63) is 78.4 Å². The minimum Gasteiger partial charge on any atom is -0.457 e. The molecule has 3 aromatic rings. The minimum absolute atomic E-state index is 0.132. The van der Waals surface area contributed by atoms with Crippen molar-refractivity contribution in [3.63, 3.8) is 0 Å². The predicted molar refractivity (Wildman–Crippen MR) is 99.5 cm³/mol. The van der Waals surface area contributed by atoms with Gasteiger partial charge in [0.15, 0.2) is 0 Å². The number of benzene rings is 3. The van der Waals surface area contributed by atoms with Gasteiger partial charge in [-0.05, 0) is 41.8 Å². The summed E-state index contributed by atoms with van der Waals surface area (Å²) in [4.78, 5) is 0. The van der Waals surface area contributed by atoms with Crippen LogP contribution in [0.1, 0.15) is 5.56 Å². The number of sulfonamides is 1. The van der Waals surface area contributed by atoms with E-state index in [-0.39, 0.29) is 5.75 Å². The van der Waals surface area contributed by atoms with Crippen LogP contribution in [0.15, 0.2) is 72.8 Å². The normalized spacial score (nSPS) is 15.0. The molecule has 1 heterocycles. The van der Waals surface area contributed by atoms with Gasteiger partial charge >= 0.3 is 0 Å². The van der Waals surface area contributed by atoms with Crippen LogP contribution < -0.4 is 9.46 Å². The highest BCUT2D eigenvalue weighted by molar-refractivity contribution is 7.92. The van der Waals surface area contributed by atoms with Crippen molar-refractivity contribution in [2.45, 2.75) is 6.42 Å². The van der Waals surface area contributed by atoms with Crippen molar-refractivity contribution in [2.24, 2.45) is 0 Å².